The molecule has 1 aromatic carbocycles. The maximum atomic E-state index is 6.26. The Hall–Kier alpha value is -1.06. The lowest BCUT2D eigenvalue weighted by Gasteiger charge is -2.29. The van der Waals surface area contributed by atoms with Gasteiger partial charge in [0, 0.05) is 25.7 Å². The molecule has 1 aliphatic carbocycles. The van der Waals surface area contributed by atoms with Gasteiger partial charge in [-0.2, -0.15) is 0 Å². The summed E-state index contributed by atoms with van der Waals surface area (Å²) in [4.78, 5) is 2.54. The smallest absolute Gasteiger partial charge is 0.119 e. The minimum absolute atomic E-state index is 0.428. The van der Waals surface area contributed by atoms with Crippen LogP contribution in [0.2, 0.25) is 0 Å². The Kier molecular flexibility index (Phi) is 4.27. The zero-order valence-corrected chi connectivity index (χ0v) is 12.4. The maximum Gasteiger partial charge on any atom is 0.119 e. The van der Waals surface area contributed by atoms with Crippen LogP contribution >= 0.6 is 0 Å². The number of nitrogens with zero attached hydrogens (tertiary/aromatic N) is 1. The van der Waals surface area contributed by atoms with Crippen molar-refractivity contribution in [3.63, 3.8) is 0 Å². The molecule has 1 aromatic rings. The van der Waals surface area contributed by atoms with E-state index in [0.29, 0.717) is 6.04 Å². The molecule has 0 bridgehead atoms. The van der Waals surface area contributed by atoms with Crippen molar-refractivity contribution in [2.24, 2.45) is 17.6 Å². The molecule has 20 heavy (non-hydrogen) atoms. The van der Waals surface area contributed by atoms with E-state index in [4.69, 9.17) is 10.5 Å². The van der Waals surface area contributed by atoms with Crippen molar-refractivity contribution in [3.05, 3.63) is 29.8 Å². The highest BCUT2D eigenvalue weighted by molar-refractivity contribution is 5.26. The van der Waals surface area contributed by atoms with E-state index in [-0.39, 0.29) is 0 Å². The summed E-state index contributed by atoms with van der Waals surface area (Å²) in [6.45, 7) is 6.28. The van der Waals surface area contributed by atoms with E-state index in [1.807, 2.05) is 0 Å². The van der Waals surface area contributed by atoms with Gasteiger partial charge in [0.05, 0.1) is 0 Å². The zero-order chi connectivity index (χ0) is 13.9. The van der Waals surface area contributed by atoms with Crippen LogP contribution in [0.5, 0.6) is 5.75 Å². The van der Waals surface area contributed by atoms with E-state index in [2.05, 4.69) is 36.1 Å². The first-order valence-electron chi connectivity index (χ1n) is 7.90. The summed E-state index contributed by atoms with van der Waals surface area (Å²) in [7, 11) is 0. The first-order valence-corrected chi connectivity index (χ1v) is 7.90. The van der Waals surface area contributed by atoms with Gasteiger partial charge >= 0.3 is 0 Å². The summed E-state index contributed by atoms with van der Waals surface area (Å²) in [5.74, 6) is 2.53. The molecule has 3 nitrogen and oxygen atoms in total. The Bertz CT molecular complexity index is 431. The molecule has 2 fully saturated rings. The molecule has 0 spiro atoms. The third kappa shape index (κ3) is 3.15. The molecule has 0 amide bonds. The normalized spacial score (nSPS) is 30.2. The highest BCUT2D eigenvalue weighted by Gasteiger charge is 2.38. The third-order valence-corrected chi connectivity index (χ3v) is 4.93. The van der Waals surface area contributed by atoms with E-state index in [1.54, 1.807) is 0 Å². The van der Waals surface area contributed by atoms with E-state index in [9.17, 15) is 0 Å². The minimum Gasteiger partial charge on any atom is -0.492 e. The Morgan fingerprint density at radius 1 is 1.20 bits per heavy atom. The van der Waals surface area contributed by atoms with E-state index < -0.39 is 0 Å². The van der Waals surface area contributed by atoms with Crippen molar-refractivity contribution in [1.29, 1.82) is 0 Å². The predicted molar refractivity (Wildman–Crippen MR) is 81.9 cm³/mol. The molecule has 1 aliphatic heterocycles. The van der Waals surface area contributed by atoms with E-state index >= 15 is 0 Å². The van der Waals surface area contributed by atoms with Crippen molar-refractivity contribution in [1.82, 2.24) is 4.90 Å². The van der Waals surface area contributed by atoms with Gasteiger partial charge in [0.25, 0.3) is 0 Å². The van der Waals surface area contributed by atoms with Gasteiger partial charge in [0.2, 0.25) is 0 Å². The number of ether oxygens (including phenoxy) is 1. The number of benzene rings is 1. The van der Waals surface area contributed by atoms with Crippen molar-refractivity contribution < 1.29 is 4.74 Å². The fourth-order valence-corrected chi connectivity index (χ4v) is 3.72. The number of hydrogen-bond donors (Lipinski definition) is 1. The molecule has 3 atom stereocenters. The summed E-state index contributed by atoms with van der Waals surface area (Å²) < 4.78 is 5.83. The molecule has 0 radical (unpaired) electrons. The first-order chi connectivity index (χ1) is 9.72. The van der Waals surface area contributed by atoms with E-state index in [0.717, 1.165) is 30.7 Å². The maximum absolute atomic E-state index is 6.26. The van der Waals surface area contributed by atoms with Gasteiger partial charge in [-0.25, -0.2) is 0 Å². The van der Waals surface area contributed by atoms with Crippen LogP contribution in [0.1, 0.15) is 24.8 Å². The molecule has 3 unspecified atom stereocenters. The fourth-order valence-electron chi connectivity index (χ4n) is 3.72. The van der Waals surface area contributed by atoms with Gasteiger partial charge in [0.1, 0.15) is 12.4 Å². The van der Waals surface area contributed by atoms with Crippen molar-refractivity contribution in [3.8, 4) is 5.75 Å². The first kappa shape index (κ1) is 13.9. The second-order valence-corrected chi connectivity index (χ2v) is 6.44. The van der Waals surface area contributed by atoms with Gasteiger partial charge in [-0.3, -0.25) is 4.90 Å². The second-order valence-electron chi connectivity index (χ2n) is 6.44. The number of rotatable bonds is 4. The van der Waals surface area contributed by atoms with Gasteiger partial charge < -0.3 is 10.5 Å². The molecule has 1 saturated heterocycles. The van der Waals surface area contributed by atoms with Crippen molar-refractivity contribution in [2.45, 2.75) is 32.2 Å². The lowest BCUT2D eigenvalue weighted by Crippen LogP contribution is -2.38. The summed E-state index contributed by atoms with van der Waals surface area (Å²) in [6.07, 6.45) is 3.90. The third-order valence-electron chi connectivity index (χ3n) is 4.93. The highest BCUT2D eigenvalue weighted by Crippen LogP contribution is 2.35. The molecule has 1 saturated carbocycles. The van der Waals surface area contributed by atoms with E-state index in [1.165, 1.54) is 37.9 Å². The van der Waals surface area contributed by atoms with Gasteiger partial charge in [-0.15, -0.1) is 0 Å². The van der Waals surface area contributed by atoms with Crippen molar-refractivity contribution in [2.75, 3.05) is 26.2 Å². The Balaban J connectivity index is 1.44. The predicted octanol–water partition coefficient (Wildman–Crippen LogP) is 2.43. The highest BCUT2D eigenvalue weighted by atomic mass is 16.5. The fraction of sp³-hybridized carbons (Fsp3) is 0.647. The number of nitrogens with two attached hydrogens (primary N) is 1. The Labute approximate surface area is 122 Å². The lowest BCUT2D eigenvalue weighted by molar-refractivity contribution is 0.229. The number of likely N-dealkylation sites (tertiary alicyclic amines) is 1. The molecule has 110 valence electrons. The monoisotopic (exact) mass is 274 g/mol. The summed E-state index contributed by atoms with van der Waals surface area (Å²) in [5, 5.41) is 0. The quantitative estimate of drug-likeness (QED) is 0.916. The van der Waals surface area contributed by atoms with Crippen LogP contribution < -0.4 is 10.5 Å². The van der Waals surface area contributed by atoms with Crippen LogP contribution in [0, 0.1) is 18.8 Å². The molecule has 1 heterocycles. The van der Waals surface area contributed by atoms with Gasteiger partial charge in [-0.05, 0) is 43.7 Å². The second kappa shape index (κ2) is 6.15. The standard InChI is InChI=1S/C17H26N2O/c1-13-5-7-15(8-6-13)20-10-9-19-11-14-3-2-4-17(18)16(14)12-19/h5-8,14,16-17H,2-4,9-12,18H2,1H3. The lowest BCUT2D eigenvalue weighted by atomic mass is 9.78. The molecular weight excluding hydrogens is 248 g/mol. The number of hydrogen-bond acceptors (Lipinski definition) is 3. The van der Waals surface area contributed by atoms with Crippen LogP contribution in [0.25, 0.3) is 0 Å². The molecule has 2 N–H and O–H groups in total. The topological polar surface area (TPSA) is 38.5 Å². The Morgan fingerprint density at radius 3 is 2.75 bits per heavy atom. The van der Waals surface area contributed by atoms with Crippen molar-refractivity contribution >= 4 is 0 Å². The summed E-state index contributed by atoms with van der Waals surface area (Å²) >= 11 is 0. The summed E-state index contributed by atoms with van der Waals surface area (Å²) in [5.41, 5.74) is 7.53. The van der Waals surface area contributed by atoms with Crippen LogP contribution in [0.15, 0.2) is 24.3 Å². The van der Waals surface area contributed by atoms with Gasteiger partial charge in [0.15, 0.2) is 0 Å². The summed E-state index contributed by atoms with van der Waals surface area (Å²) in [6, 6.07) is 8.72. The SMILES string of the molecule is Cc1ccc(OCCN2CC3CCCC(N)C3C2)cc1. The molecule has 3 rings (SSSR count). The molecule has 2 aliphatic rings. The zero-order valence-electron chi connectivity index (χ0n) is 12.4. The Morgan fingerprint density at radius 2 is 2.00 bits per heavy atom. The minimum atomic E-state index is 0.428. The number of aryl methyl sites for hydroxylation is 1. The largest absolute Gasteiger partial charge is 0.492 e. The van der Waals surface area contributed by atoms with Crippen LogP contribution in [-0.2, 0) is 0 Å². The average Bonchev–Trinajstić information content (AvgIpc) is 2.85. The number of fused-ring (bicyclic) bond motifs is 1. The molecular formula is C17H26N2O. The van der Waals surface area contributed by atoms with Crippen LogP contribution in [0.4, 0.5) is 0 Å². The van der Waals surface area contributed by atoms with Crippen LogP contribution in [0.3, 0.4) is 0 Å². The molecule has 0 aromatic heterocycles. The average molecular weight is 274 g/mol. The van der Waals surface area contributed by atoms with Gasteiger partial charge in [-0.1, -0.05) is 24.1 Å². The van der Waals surface area contributed by atoms with Crippen LogP contribution in [-0.4, -0.2) is 37.2 Å². The molecule has 3 heteroatoms.